The van der Waals surface area contributed by atoms with Crippen LogP contribution in [0.15, 0.2) is 25.3 Å². The van der Waals surface area contributed by atoms with Crippen molar-refractivity contribution in [3.05, 3.63) is 25.3 Å². The monoisotopic (exact) mass is 260 g/mol. The highest BCUT2D eigenvalue weighted by Gasteiger charge is 2.02. The number of ether oxygens (including phenoxy) is 2. The number of rotatable bonds is 6. The molecule has 0 heterocycles. The SMILES string of the molecule is C=CC(=O)OC(C)CO.C=CC(=O)OCC(C)O. The molecule has 0 fully saturated rings. The van der Waals surface area contributed by atoms with Gasteiger partial charge in [-0.3, -0.25) is 0 Å². The topological polar surface area (TPSA) is 93.1 Å². The van der Waals surface area contributed by atoms with Crippen molar-refractivity contribution >= 4 is 11.9 Å². The molecule has 0 aromatic carbocycles. The first kappa shape index (κ1) is 18.7. The molecular formula is C12H20O6. The van der Waals surface area contributed by atoms with Crippen LogP contribution in [0.5, 0.6) is 0 Å². The van der Waals surface area contributed by atoms with Crippen molar-refractivity contribution in [1.29, 1.82) is 0 Å². The maximum Gasteiger partial charge on any atom is 0.330 e. The Bertz CT molecular complexity index is 272. The molecule has 0 amide bonds. The first-order valence-electron chi connectivity index (χ1n) is 5.28. The summed E-state index contributed by atoms with van der Waals surface area (Å²) < 4.78 is 8.99. The molecule has 0 saturated heterocycles. The zero-order valence-corrected chi connectivity index (χ0v) is 10.7. The number of esters is 2. The molecule has 2 atom stereocenters. The molecule has 0 aliphatic heterocycles. The van der Waals surface area contributed by atoms with Gasteiger partial charge in [-0.25, -0.2) is 9.59 Å². The quantitative estimate of drug-likeness (QED) is 0.523. The molecule has 0 spiro atoms. The van der Waals surface area contributed by atoms with Crippen LogP contribution in [-0.4, -0.2) is 47.6 Å². The molecule has 6 nitrogen and oxygen atoms in total. The Hall–Kier alpha value is -1.66. The zero-order valence-electron chi connectivity index (χ0n) is 10.7. The highest BCUT2D eigenvalue weighted by atomic mass is 16.6. The van der Waals surface area contributed by atoms with E-state index < -0.39 is 24.1 Å². The van der Waals surface area contributed by atoms with E-state index >= 15 is 0 Å². The van der Waals surface area contributed by atoms with Crippen molar-refractivity contribution in [3.8, 4) is 0 Å². The maximum absolute atomic E-state index is 10.3. The molecule has 0 saturated carbocycles. The Morgan fingerprint density at radius 3 is 2.06 bits per heavy atom. The van der Waals surface area contributed by atoms with Gasteiger partial charge in [0.25, 0.3) is 0 Å². The Kier molecular flexibility index (Phi) is 12.3. The molecule has 2 N–H and O–H groups in total. The molecular weight excluding hydrogens is 240 g/mol. The average molecular weight is 260 g/mol. The lowest BCUT2D eigenvalue weighted by Crippen LogP contribution is -2.16. The number of aliphatic hydroxyl groups is 2. The Balaban J connectivity index is 0. The van der Waals surface area contributed by atoms with Crippen molar-refractivity contribution in [1.82, 2.24) is 0 Å². The summed E-state index contributed by atoms with van der Waals surface area (Å²) in [7, 11) is 0. The minimum absolute atomic E-state index is 0.0326. The van der Waals surface area contributed by atoms with Crippen molar-refractivity contribution in [2.75, 3.05) is 13.2 Å². The Labute approximate surface area is 107 Å². The van der Waals surface area contributed by atoms with E-state index in [-0.39, 0.29) is 13.2 Å². The third-order valence-electron chi connectivity index (χ3n) is 1.37. The van der Waals surface area contributed by atoms with Crippen molar-refractivity contribution in [2.24, 2.45) is 0 Å². The zero-order chi connectivity index (χ0) is 14.6. The molecule has 2 unspecified atom stereocenters. The third-order valence-corrected chi connectivity index (χ3v) is 1.37. The summed E-state index contributed by atoms with van der Waals surface area (Å²) in [5.41, 5.74) is 0. The van der Waals surface area contributed by atoms with Crippen molar-refractivity contribution in [3.63, 3.8) is 0 Å². The minimum atomic E-state index is -0.603. The summed E-state index contributed by atoms with van der Waals surface area (Å²) in [5, 5.41) is 17.0. The standard InChI is InChI=1S/2C6H10O3/c1-3-6(8)9-4-5(2)7;1-3-6(8)9-5(2)4-7/h2*3,5,7H,1,4H2,2H3. The second-order valence-electron chi connectivity index (χ2n) is 3.32. The molecule has 18 heavy (non-hydrogen) atoms. The van der Waals surface area contributed by atoms with Crippen molar-refractivity contribution < 1.29 is 29.3 Å². The van der Waals surface area contributed by atoms with Crippen LogP contribution >= 0.6 is 0 Å². The minimum Gasteiger partial charge on any atom is -0.460 e. The molecule has 0 bridgehead atoms. The van der Waals surface area contributed by atoms with Crippen LogP contribution in [0.25, 0.3) is 0 Å². The predicted molar refractivity (Wildman–Crippen MR) is 65.7 cm³/mol. The molecule has 104 valence electrons. The summed E-state index contributed by atoms with van der Waals surface area (Å²) in [4.78, 5) is 20.6. The highest BCUT2D eigenvalue weighted by molar-refractivity contribution is 5.81. The van der Waals surface area contributed by atoms with Gasteiger partial charge in [-0.05, 0) is 13.8 Å². The molecule has 0 aliphatic rings. The van der Waals surface area contributed by atoms with Crippen LogP contribution in [-0.2, 0) is 19.1 Å². The molecule has 0 rings (SSSR count). The first-order valence-corrected chi connectivity index (χ1v) is 5.28. The lowest BCUT2D eigenvalue weighted by Gasteiger charge is -2.06. The Morgan fingerprint density at radius 1 is 1.22 bits per heavy atom. The summed E-state index contributed by atoms with van der Waals surface area (Å²) in [6.45, 7) is 9.39. The van der Waals surface area contributed by atoms with Gasteiger partial charge in [0.05, 0.1) is 12.7 Å². The lowest BCUT2D eigenvalue weighted by molar-refractivity contribution is -0.144. The van der Waals surface area contributed by atoms with Crippen LogP contribution in [0.4, 0.5) is 0 Å². The summed E-state index contributed by atoms with van der Waals surface area (Å²) in [5.74, 6) is -1.01. The van der Waals surface area contributed by atoms with E-state index in [2.05, 4.69) is 22.6 Å². The van der Waals surface area contributed by atoms with Crippen LogP contribution in [0, 0.1) is 0 Å². The predicted octanol–water partition coefficient (Wildman–Crippen LogP) is 0.193. The highest BCUT2D eigenvalue weighted by Crippen LogP contribution is 1.88. The van der Waals surface area contributed by atoms with Crippen molar-refractivity contribution in [2.45, 2.75) is 26.1 Å². The van der Waals surface area contributed by atoms with Gasteiger partial charge in [-0.2, -0.15) is 0 Å². The first-order chi connectivity index (χ1) is 8.37. The largest absolute Gasteiger partial charge is 0.460 e. The van der Waals surface area contributed by atoms with Gasteiger partial charge in [0.15, 0.2) is 0 Å². The molecule has 0 radical (unpaired) electrons. The van der Waals surface area contributed by atoms with Gasteiger partial charge in [0.2, 0.25) is 0 Å². The second-order valence-corrected chi connectivity index (χ2v) is 3.32. The van der Waals surface area contributed by atoms with Gasteiger partial charge in [-0.15, -0.1) is 0 Å². The number of aliphatic hydroxyl groups excluding tert-OH is 2. The second kappa shape index (κ2) is 11.8. The van der Waals surface area contributed by atoms with Crippen LogP contribution in [0.2, 0.25) is 0 Å². The summed E-state index contributed by atoms with van der Waals surface area (Å²) in [6, 6.07) is 0. The van der Waals surface area contributed by atoms with E-state index in [1.54, 1.807) is 6.92 Å². The van der Waals surface area contributed by atoms with E-state index in [1.807, 2.05) is 0 Å². The van der Waals surface area contributed by atoms with Gasteiger partial charge >= 0.3 is 11.9 Å². The number of hydrogen-bond donors (Lipinski definition) is 2. The summed E-state index contributed by atoms with van der Waals surface area (Å²) in [6.07, 6.45) is 1.08. The summed E-state index contributed by atoms with van der Waals surface area (Å²) >= 11 is 0. The van der Waals surface area contributed by atoms with E-state index in [9.17, 15) is 9.59 Å². The van der Waals surface area contributed by atoms with Crippen LogP contribution in [0.3, 0.4) is 0 Å². The van der Waals surface area contributed by atoms with E-state index in [1.165, 1.54) is 6.92 Å². The number of carbonyl (C=O) groups excluding carboxylic acids is 2. The fourth-order valence-electron chi connectivity index (χ4n) is 0.545. The van der Waals surface area contributed by atoms with Gasteiger partial charge in [0, 0.05) is 12.2 Å². The average Bonchev–Trinajstić information content (AvgIpc) is 2.36. The number of carbonyl (C=O) groups is 2. The molecule has 0 aromatic rings. The van der Waals surface area contributed by atoms with E-state index in [4.69, 9.17) is 10.2 Å². The third kappa shape index (κ3) is 14.3. The van der Waals surface area contributed by atoms with Gasteiger partial charge < -0.3 is 19.7 Å². The molecule has 0 aliphatic carbocycles. The smallest absolute Gasteiger partial charge is 0.330 e. The van der Waals surface area contributed by atoms with Crippen LogP contribution in [0.1, 0.15) is 13.8 Å². The molecule has 0 aromatic heterocycles. The fourth-order valence-corrected chi connectivity index (χ4v) is 0.545. The van der Waals surface area contributed by atoms with E-state index in [0.717, 1.165) is 12.2 Å². The van der Waals surface area contributed by atoms with Crippen LogP contribution < -0.4 is 0 Å². The molecule has 6 heteroatoms. The lowest BCUT2D eigenvalue weighted by atomic mass is 10.4. The van der Waals surface area contributed by atoms with E-state index in [0.29, 0.717) is 0 Å². The fraction of sp³-hybridized carbons (Fsp3) is 0.500. The normalized spacial score (nSPS) is 12.2. The Morgan fingerprint density at radius 2 is 1.72 bits per heavy atom. The van der Waals surface area contributed by atoms with Gasteiger partial charge in [0.1, 0.15) is 12.7 Å². The maximum atomic E-state index is 10.3. The van der Waals surface area contributed by atoms with Gasteiger partial charge in [-0.1, -0.05) is 13.2 Å². The number of hydrogen-bond acceptors (Lipinski definition) is 6.